The lowest BCUT2D eigenvalue weighted by Gasteiger charge is -2.25. The molecule has 0 amide bonds. The first-order valence-corrected chi connectivity index (χ1v) is 4.37. The van der Waals surface area contributed by atoms with Gasteiger partial charge >= 0.3 is 0 Å². The Hall–Kier alpha value is -0.300. The largest absolute Gasteiger partial charge is 0.377 e. The van der Waals surface area contributed by atoms with Crippen molar-refractivity contribution in [2.24, 2.45) is 5.41 Å². The van der Waals surface area contributed by atoms with Crippen LogP contribution in [0, 0.1) is 5.41 Å². The van der Waals surface area contributed by atoms with Crippen molar-refractivity contribution in [2.75, 3.05) is 13.2 Å². The van der Waals surface area contributed by atoms with E-state index >= 15 is 0 Å². The van der Waals surface area contributed by atoms with E-state index in [0.29, 0.717) is 12.0 Å². The molecule has 0 aliphatic heterocycles. The normalized spacial score (nSPS) is 11.5. The van der Waals surface area contributed by atoms with Gasteiger partial charge in [0.15, 0.2) is 0 Å². The van der Waals surface area contributed by atoms with Crippen molar-refractivity contribution < 1.29 is 4.74 Å². The van der Waals surface area contributed by atoms with Crippen LogP contribution in [0.2, 0.25) is 0 Å². The van der Waals surface area contributed by atoms with Gasteiger partial charge in [-0.3, -0.25) is 0 Å². The predicted molar refractivity (Wildman–Crippen MR) is 49.7 cm³/mol. The van der Waals surface area contributed by atoms with Crippen molar-refractivity contribution in [3.63, 3.8) is 0 Å². The maximum atomic E-state index is 5.41. The molecule has 1 nitrogen and oxygen atoms in total. The fourth-order valence-electron chi connectivity index (χ4n) is 0.843. The molecular weight excluding hydrogens is 136 g/mol. The summed E-state index contributed by atoms with van der Waals surface area (Å²) in [6.45, 7) is 11.8. The van der Waals surface area contributed by atoms with E-state index in [4.69, 9.17) is 4.74 Å². The molecule has 0 N–H and O–H groups in total. The molecule has 0 unspecified atom stereocenters. The second-order valence-corrected chi connectivity index (χ2v) is 3.32. The summed E-state index contributed by atoms with van der Waals surface area (Å²) in [5.41, 5.74) is 0.364. The van der Waals surface area contributed by atoms with Gasteiger partial charge in [0.25, 0.3) is 0 Å². The molecule has 0 atom stereocenters. The summed E-state index contributed by atoms with van der Waals surface area (Å²) in [6.07, 6.45) is 4.16. The number of rotatable bonds is 6. The Balaban J connectivity index is 3.59. The highest BCUT2D eigenvalue weighted by Crippen LogP contribution is 2.25. The maximum absolute atomic E-state index is 5.41. The smallest absolute Gasteiger partial charge is 0.0645 e. The van der Waals surface area contributed by atoms with Crippen LogP contribution in [0.1, 0.15) is 33.6 Å². The van der Waals surface area contributed by atoms with Gasteiger partial charge in [0, 0.05) is 0 Å². The highest BCUT2D eigenvalue weighted by Gasteiger charge is 2.18. The molecule has 0 rings (SSSR count). The molecule has 0 aromatic heterocycles. The lowest BCUT2D eigenvalue weighted by atomic mass is 9.86. The summed E-state index contributed by atoms with van der Waals surface area (Å²) >= 11 is 0. The van der Waals surface area contributed by atoms with Crippen LogP contribution < -0.4 is 0 Å². The van der Waals surface area contributed by atoms with E-state index in [9.17, 15) is 0 Å². The number of ether oxygens (including phenoxy) is 1. The molecule has 0 saturated heterocycles. The van der Waals surface area contributed by atoms with Crippen LogP contribution in [0.25, 0.3) is 0 Å². The monoisotopic (exact) mass is 156 g/mol. The van der Waals surface area contributed by atoms with Gasteiger partial charge in [0.1, 0.15) is 0 Å². The van der Waals surface area contributed by atoms with Crippen LogP contribution in [0.15, 0.2) is 12.7 Å². The fraction of sp³-hybridized carbons (Fsp3) is 0.800. The van der Waals surface area contributed by atoms with Crippen LogP contribution in [0.3, 0.4) is 0 Å². The minimum Gasteiger partial charge on any atom is -0.377 e. The van der Waals surface area contributed by atoms with Gasteiger partial charge in [-0.05, 0) is 18.3 Å². The van der Waals surface area contributed by atoms with E-state index in [2.05, 4.69) is 27.4 Å². The molecule has 11 heavy (non-hydrogen) atoms. The first-order valence-electron chi connectivity index (χ1n) is 4.37. The zero-order chi connectivity index (χ0) is 8.74. The second-order valence-electron chi connectivity index (χ2n) is 3.32. The van der Waals surface area contributed by atoms with Crippen molar-refractivity contribution in [2.45, 2.75) is 33.6 Å². The van der Waals surface area contributed by atoms with Crippen molar-refractivity contribution >= 4 is 0 Å². The van der Waals surface area contributed by atoms with Gasteiger partial charge in [-0.1, -0.05) is 26.8 Å². The van der Waals surface area contributed by atoms with Crippen LogP contribution >= 0.6 is 0 Å². The Bertz CT molecular complexity index is 103. The van der Waals surface area contributed by atoms with Crippen molar-refractivity contribution in [3.05, 3.63) is 12.7 Å². The zero-order valence-corrected chi connectivity index (χ0v) is 8.02. The Morgan fingerprint density at radius 3 is 2.27 bits per heavy atom. The van der Waals surface area contributed by atoms with Gasteiger partial charge < -0.3 is 4.74 Å². The first-order chi connectivity index (χ1) is 5.18. The third kappa shape index (κ3) is 4.20. The molecule has 1 heteroatoms. The molecule has 66 valence electrons. The van der Waals surface area contributed by atoms with Gasteiger partial charge in [-0.15, -0.1) is 6.58 Å². The highest BCUT2D eigenvalue weighted by molar-refractivity contribution is 4.71. The van der Waals surface area contributed by atoms with Gasteiger partial charge in [0.2, 0.25) is 0 Å². The number of hydrogen-bond acceptors (Lipinski definition) is 1. The van der Waals surface area contributed by atoms with Crippen molar-refractivity contribution in [3.8, 4) is 0 Å². The molecule has 0 bridgehead atoms. The minimum absolute atomic E-state index is 0.364. The van der Waals surface area contributed by atoms with Gasteiger partial charge in [0.05, 0.1) is 13.2 Å². The maximum Gasteiger partial charge on any atom is 0.0645 e. The van der Waals surface area contributed by atoms with Crippen molar-refractivity contribution in [1.82, 2.24) is 0 Å². The lowest BCUT2D eigenvalue weighted by molar-refractivity contribution is 0.0649. The van der Waals surface area contributed by atoms with Crippen LogP contribution in [-0.4, -0.2) is 13.2 Å². The Morgan fingerprint density at radius 1 is 1.36 bits per heavy atom. The van der Waals surface area contributed by atoms with E-state index in [1.807, 2.05) is 0 Å². The van der Waals surface area contributed by atoms with Gasteiger partial charge in [-0.25, -0.2) is 0 Å². The van der Waals surface area contributed by atoms with E-state index < -0.39 is 0 Å². The summed E-state index contributed by atoms with van der Waals surface area (Å²) in [5.74, 6) is 0. The Kier molecular flexibility index (Phi) is 5.22. The molecule has 0 aliphatic carbocycles. The van der Waals surface area contributed by atoms with Crippen LogP contribution in [-0.2, 0) is 4.74 Å². The molecule has 0 radical (unpaired) electrons. The van der Waals surface area contributed by atoms with Crippen molar-refractivity contribution in [1.29, 1.82) is 0 Å². The standard InChI is InChI=1S/C10H20O/c1-5-8-11-9-10(4,6-2)7-3/h5H,1,6-9H2,2-4H3. The van der Waals surface area contributed by atoms with E-state index in [1.54, 1.807) is 6.08 Å². The molecule has 0 aromatic rings. The van der Waals surface area contributed by atoms with E-state index in [0.717, 1.165) is 6.61 Å². The molecule has 0 fully saturated rings. The zero-order valence-electron chi connectivity index (χ0n) is 8.02. The lowest BCUT2D eigenvalue weighted by Crippen LogP contribution is -2.21. The second kappa shape index (κ2) is 5.36. The van der Waals surface area contributed by atoms with Crippen LogP contribution in [0.4, 0.5) is 0 Å². The third-order valence-corrected chi connectivity index (χ3v) is 2.39. The van der Waals surface area contributed by atoms with E-state index in [1.165, 1.54) is 12.8 Å². The fourth-order valence-corrected chi connectivity index (χ4v) is 0.843. The number of hydrogen-bond donors (Lipinski definition) is 0. The molecule has 0 aromatic carbocycles. The van der Waals surface area contributed by atoms with Gasteiger partial charge in [-0.2, -0.15) is 0 Å². The summed E-state index contributed by atoms with van der Waals surface area (Å²) in [7, 11) is 0. The summed E-state index contributed by atoms with van der Waals surface area (Å²) in [4.78, 5) is 0. The molecule has 0 spiro atoms. The SMILES string of the molecule is C=CCOCC(C)(CC)CC. The third-order valence-electron chi connectivity index (χ3n) is 2.39. The summed E-state index contributed by atoms with van der Waals surface area (Å²) < 4.78 is 5.41. The predicted octanol–water partition coefficient (Wildman–Crippen LogP) is 3.02. The quantitative estimate of drug-likeness (QED) is 0.424. The van der Waals surface area contributed by atoms with E-state index in [-0.39, 0.29) is 0 Å². The first kappa shape index (κ1) is 10.7. The minimum atomic E-state index is 0.364. The average Bonchev–Trinajstić information content (AvgIpc) is 2.05. The average molecular weight is 156 g/mol. The summed E-state index contributed by atoms with van der Waals surface area (Å²) in [5, 5.41) is 0. The highest BCUT2D eigenvalue weighted by atomic mass is 16.5. The Labute approximate surface area is 70.4 Å². The topological polar surface area (TPSA) is 9.23 Å². The molecular formula is C10H20O. The molecule has 0 heterocycles. The molecule has 0 aliphatic rings. The van der Waals surface area contributed by atoms with Crippen LogP contribution in [0.5, 0.6) is 0 Å². The summed E-state index contributed by atoms with van der Waals surface area (Å²) in [6, 6.07) is 0. The Morgan fingerprint density at radius 2 is 1.91 bits per heavy atom. The molecule has 0 saturated carbocycles.